The zero-order valence-corrected chi connectivity index (χ0v) is 13.9. The minimum Gasteiger partial charge on any atom is -0.396 e. The maximum absolute atomic E-state index is 9.83. The number of aliphatic hydroxyl groups excluding tert-OH is 1. The summed E-state index contributed by atoms with van der Waals surface area (Å²) >= 11 is 0. The fourth-order valence-electron chi connectivity index (χ4n) is 4.60. The van der Waals surface area contributed by atoms with E-state index >= 15 is 0 Å². The minimum atomic E-state index is 0.325. The highest BCUT2D eigenvalue weighted by atomic mass is 16.5. The van der Waals surface area contributed by atoms with Gasteiger partial charge in [-0.1, -0.05) is 24.3 Å². The van der Waals surface area contributed by atoms with Crippen LogP contribution in [0.1, 0.15) is 11.1 Å². The molecule has 1 aromatic rings. The Morgan fingerprint density at radius 3 is 2.30 bits per heavy atom. The van der Waals surface area contributed by atoms with E-state index < -0.39 is 0 Å². The molecule has 0 amide bonds. The van der Waals surface area contributed by atoms with E-state index in [2.05, 4.69) is 34.1 Å². The van der Waals surface area contributed by atoms with Crippen LogP contribution >= 0.6 is 0 Å². The number of hydrogen-bond donors (Lipinski definition) is 1. The predicted molar refractivity (Wildman–Crippen MR) is 90.5 cm³/mol. The molecule has 23 heavy (non-hydrogen) atoms. The molecule has 0 unspecified atom stereocenters. The van der Waals surface area contributed by atoms with Crippen molar-refractivity contribution in [3.63, 3.8) is 0 Å². The zero-order valence-electron chi connectivity index (χ0n) is 13.9. The van der Waals surface area contributed by atoms with Crippen molar-refractivity contribution in [3.8, 4) is 0 Å². The first kappa shape index (κ1) is 15.6. The Kier molecular flexibility index (Phi) is 4.67. The molecule has 4 heteroatoms. The minimum absolute atomic E-state index is 0.325. The molecule has 2 saturated heterocycles. The lowest BCUT2D eigenvalue weighted by Crippen LogP contribution is -2.41. The molecule has 2 heterocycles. The van der Waals surface area contributed by atoms with Crippen LogP contribution in [0.3, 0.4) is 0 Å². The average molecular weight is 316 g/mol. The van der Waals surface area contributed by atoms with Crippen LogP contribution in [0.25, 0.3) is 0 Å². The first-order chi connectivity index (χ1) is 11.3. The Labute approximate surface area is 139 Å². The number of likely N-dealkylation sites (tertiary alicyclic amines) is 1. The standard InChI is InChI=1S/C19H28N2O2/c22-14-18-13-21(12-17(18)11-20-5-7-23-8-6-20)19-9-15-3-1-2-4-16(15)10-19/h1-4,17-19,22H,5-14H2/t17-,18-/m1/s1. The number of morpholine rings is 1. The van der Waals surface area contributed by atoms with Gasteiger partial charge in [-0.15, -0.1) is 0 Å². The molecule has 4 rings (SSSR count). The maximum atomic E-state index is 9.83. The van der Waals surface area contributed by atoms with Crippen molar-refractivity contribution in [2.24, 2.45) is 11.8 Å². The maximum Gasteiger partial charge on any atom is 0.0594 e. The lowest BCUT2D eigenvalue weighted by molar-refractivity contribution is 0.0263. The molecule has 126 valence electrons. The van der Waals surface area contributed by atoms with Gasteiger partial charge in [0.2, 0.25) is 0 Å². The highest BCUT2D eigenvalue weighted by Crippen LogP contribution is 2.32. The highest BCUT2D eigenvalue weighted by Gasteiger charge is 2.38. The Balaban J connectivity index is 1.38. The Morgan fingerprint density at radius 2 is 1.65 bits per heavy atom. The molecule has 1 aliphatic carbocycles. The molecule has 0 bridgehead atoms. The predicted octanol–water partition coefficient (Wildman–Crippen LogP) is 1.03. The van der Waals surface area contributed by atoms with Gasteiger partial charge >= 0.3 is 0 Å². The molecule has 1 N–H and O–H groups in total. The van der Waals surface area contributed by atoms with Gasteiger partial charge in [0.15, 0.2) is 0 Å². The van der Waals surface area contributed by atoms with Gasteiger partial charge < -0.3 is 9.84 Å². The molecule has 1 aromatic carbocycles. The SMILES string of the molecule is OC[C@H]1CN(C2Cc3ccccc3C2)C[C@H]1CN1CCOCC1. The molecule has 0 radical (unpaired) electrons. The lowest BCUT2D eigenvalue weighted by Gasteiger charge is -2.30. The van der Waals surface area contributed by atoms with Crippen molar-refractivity contribution < 1.29 is 9.84 Å². The second kappa shape index (κ2) is 6.89. The zero-order chi connectivity index (χ0) is 15.6. The van der Waals surface area contributed by atoms with Gasteiger partial charge in [0.05, 0.1) is 13.2 Å². The van der Waals surface area contributed by atoms with E-state index in [1.165, 1.54) is 24.0 Å². The molecular formula is C19H28N2O2. The fraction of sp³-hybridized carbons (Fsp3) is 0.684. The summed E-state index contributed by atoms with van der Waals surface area (Å²) in [7, 11) is 0. The Bertz CT molecular complexity index is 505. The number of hydrogen-bond acceptors (Lipinski definition) is 4. The van der Waals surface area contributed by atoms with Gasteiger partial charge in [-0.3, -0.25) is 9.80 Å². The van der Waals surface area contributed by atoms with E-state index in [-0.39, 0.29) is 0 Å². The number of nitrogens with zero attached hydrogens (tertiary/aromatic N) is 2. The average Bonchev–Trinajstić information content (AvgIpc) is 3.19. The molecule has 2 atom stereocenters. The van der Waals surface area contributed by atoms with Crippen LogP contribution in [-0.2, 0) is 17.6 Å². The molecule has 0 saturated carbocycles. The van der Waals surface area contributed by atoms with E-state index in [4.69, 9.17) is 4.74 Å². The summed E-state index contributed by atoms with van der Waals surface area (Å²) in [6.07, 6.45) is 2.36. The number of aliphatic hydroxyl groups is 1. The smallest absolute Gasteiger partial charge is 0.0594 e. The third-order valence-electron chi connectivity index (χ3n) is 5.98. The quantitative estimate of drug-likeness (QED) is 0.900. The topological polar surface area (TPSA) is 35.9 Å². The van der Waals surface area contributed by atoms with E-state index in [0.29, 0.717) is 24.5 Å². The summed E-state index contributed by atoms with van der Waals surface area (Å²) in [5.41, 5.74) is 3.05. The van der Waals surface area contributed by atoms with Gasteiger partial charge in [-0.25, -0.2) is 0 Å². The van der Waals surface area contributed by atoms with Crippen molar-refractivity contribution >= 4 is 0 Å². The Morgan fingerprint density at radius 1 is 1.00 bits per heavy atom. The monoisotopic (exact) mass is 316 g/mol. The van der Waals surface area contributed by atoms with E-state index in [9.17, 15) is 5.11 Å². The van der Waals surface area contributed by atoms with Crippen molar-refractivity contribution in [3.05, 3.63) is 35.4 Å². The van der Waals surface area contributed by atoms with Crippen LogP contribution in [0.5, 0.6) is 0 Å². The molecular weight excluding hydrogens is 288 g/mol. The van der Waals surface area contributed by atoms with E-state index in [0.717, 1.165) is 45.9 Å². The summed E-state index contributed by atoms with van der Waals surface area (Å²) < 4.78 is 5.45. The van der Waals surface area contributed by atoms with E-state index in [1.807, 2.05) is 0 Å². The van der Waals surface area contributed by atoms with Crippen molar-refractivity contribution in [1.82, 2.24) is 9.80 Å². The molecule has 2 fully saturated rings. The lowest BCUT2D eigenvalue weighted by atomic mass is 9.96. The summed E-state index contributed by atoms with van der Waals surface area (Å²) in [5.74, 6) is 1.03. The van der Waals surface area contributed by atoms with Crippen LogP contribution in [0.2, 0.25) is 0 Å². The number of ether oxygens (including phenoxy) is 1. The van der Waals surface area contributed by atoms with Gasteiger partial charge in [-0.05, 0) is 35.8 Å². The van der Waals surface area contributed by atoms with Crippen LogP contribution in [0, 0.1) is 11.8 Å². The first-order valence-electron chi connectivity index (χ1n) is 9.05. The largest absolute Gasteiger partial charge is 0.396 e. The second-order valence-corrected chi connectivity index (χ2v) is 7.40. The van der Waals surface area contributed by atoms with Crippen molar-refractivity contribution in [2.75, 3.05) is 52.5 Å². The third kappa shape index (κ3) is 3.31. The molecule has 2 aliphatic heterocycles. The number of benzene rings is 1. The summed E-state index contributed by atoms with van der Waals surface area (Å²) in [6, 6.07) is 9.50. The molecule has 0 spiro atoms. The summed E-state index contributed by atoms with van der Waals surface area (Å²) in [6.45, 7) is 7.45. The Hall–Kier alpha value is -0.940. The van der Waals surface area contributed by atoms with Crippen molar-refractivity contribution in [1.29, 1.82) is 0 Å². The normalized spacial score (nSPS) is 30.0. The highest BCUT2D eigenvalue weighted by molar-refractivity contribution is 5.33. The van der Waals surface area contributed by atoms with Gasteiger partial charge in [0.25, 0.3) is 0 Å². The second-order valence-electron chi connectivity index (χ2n) is 7.40. The molecule has 4 nitrogen and oxygen atoms in total. The summed E-state index contributed by atoms with van der Waals surface area (Å²) in [4.78, 5) is 5.16. The summed E-state index contributed by atoms with van der Waals surface area (Å²) in [5, 5.41) is 9.83. The number of fused-ring (bicyclic) bond motifs is 1. The van der Waals surface area contributed by atoms with Crippen LogP contribution < -0.4 is 0 Å². The molecule has 3 aliphatic rings. The third-order valence-corrected chi connectivity index (χ3v) is 5.98. The van der Waals surface area contributed by atoms with E-state index in [1.54, 1.807) is 0 Å². The van der Waals surface area contributed by atoms with Gasteiger partial charge in [0.1, 0.15) is 0 Å². The number of rotatable bonds is 4. The van der Waals surface area contributed by atoms with Crippen LogP contribution in [-0.4, -0.2) is 73.5 Å². The first-order valence-corrected chi connectivity index (χ1v) is 9.05. The van der Waals surface area contributed by atoms with Crippen molar-refractivity contribution in [2.45, 2.75) is 18.9 Å². The van der Waals surface area contributed by atoms with Gasteiger partial charge in [-0.2, -0.15) is 0 Å². The molecule has 0 aromatic heterocycles. The van der Waals surface area contributed by atoms with Crippen LogP contribution in [0.4, 0.5) is 0 Å². The van der Waals surface area contributed by atoms with Gasteiger partial charge in [0, 0.05) is 45.4 Å². The fourth-order valence-corrected chi connectivity index (χ4v) is 4.60. The van der Waals surface area contributed by atoms with Crippen LogP contribution in [0.15, 0.2) is 24.3 Å².